The van der Waals surface area contributed by atoms with E-state index in [0.717, 1.165) is 11.5 Å². The Bertz CT molecular complexity index is 1060. The van der Waals surface area contributed by atoms with E-state index < -0.39 is 48.2 Å². The molecule has 2 N–H and O–H groups in total. The maximum absolute atomic E-state index is 14.3. The lowest BCUT2D eigenvalue weighted by Crippen LogP contribution is -2.36. The summed E-state index contributed by atoms with van der Waals surface area (Å²) in [6.45, 7) is 2.14. The number of aromatic nitrogens is 4. The van der Waals surface area contributed by atoms with E-state index in [0.29, 0.717) is 5.75 Å². The van der Waals surface area contributed by atoms with Crippen LogP contribution < -0.4 is 16.6 Å². The molecule has 1 aliphatic heterocycles. The van der Waals surface area contributed by atoms with Gasteiger partial charge in [-0.3, -0.25) is 29.3 Å². The zero-order valence-corrected chi connectivity index (χ0v) is 16.7. The predicted molar refractivity (Wildman–Crippen MR) is 103 cm³/mol. The number of rotatable bonds is 6. The van der Waals surface area contributed by atoms with Crippen molar-refractivity contribution < 1.29 is 23.5 Å². The van der Waals surface area contributed by atoms with Gasteiger partial charge >= 0.3 is 11.7 Å². The first kappa shape index (κ1) is 21.0. The number of aryl methyl sites for hydroxylation is 1. The molecule has 2 aromatic rings. The van der Waals surface area contributed by atoms with E-state index in [1.807, 2.05) is 6.26 Å². The second kappa shape index (κ2) is 8.37. The Kier molecular flexibility index (Phi) is 6.07. The predicted octanol–water partition coefficient (Wildman–Crippen LogP) is 0.00630. The van der Waals surface area contributed by atoms with E-state index in [9.17, 15) is 23.6 Å². The third-order valence-corrected chi connectivity index (χ3v) is 4.84. The van der Waals surface area contributed by atoms with Crippen LogP contribution in [0.4, 0.5) is 10.3 Å². The number of halogens is 1. The lowest BCUT2D eigenvalue weighted by atomic mass is 10.2. The van der Waals surface area contributed by atoms with Crippen LogP contribution in [-0.2, 0) is 25.6 Å². The largest absolute Gasteiger partial charge is 0.454 e. The molecule has 0 unspecified atom stereocenters. The number of carbonyl (C=O) groups excluding carboxylic acids is 2. The molecule has 158 valence electrons. The normalized spacial score (nSPS) is 21.4. The second-order valence-corrected chi connectivity index (χ2v) is 7.36. The third-order valence-electron chi connectivity index (χ3n) is 4.25. The van der Waals surface area contributed by atoms with Gasteiger partial charge in [-0.05, 0) is 6.26 Å². The number of imidazole rings is 1. The number of hydrogen-bond donors (Lipinski definition) is 2. The fourth-order valence-electron chi connectivity index (χ4n) is 3.13. The van der Waals surface area contributed by atoms with Gasteiger partial charge in [-0.2, -0.15) is 16.7 Å². The zero-order valence-electron chi connectivity index (χ0n) is 15.9. The highest BCUT2D eigenvalue weighted by atomic mass is 32.2. The number of nitrogens with one attached hydrogen (secondary N) is 2. The lowest BCUT2D eigenvalue weighted by molar-refractivity contribution is -0.154. The molecule has 1 fully saturated rings. The summed E-state index contributed by atoms with van der Waals surface area (Å²) in [5, 5.41) is 2.35. The first-order valence-electron chi connectivity index (χ1n) is 8.69. The molecule has 11 nitrogen and oxygen atoms in total. The van der Waals surface area contributed by atoms with Crippen LogP contribution in [-0.4, -0.2) is 61.9 Å². The fraction of sp³-hybridized carbons (Fsp3) is 0.562. The minimum absolute atomic E-state index is 0.0503. The van der Waals surface area contributed by atoms with Gasteiger partial charge < -0.3 is 9.47 Å². The average Bonchev–Trinajstić information content (AvgIpc) is 3.10. The maximum Gasteiger partial charge on any atom is 0.332 e. The van der Waals surface area contributed by atoms with Crippen molar-refractivity contribution in [2.45, 2.75) is 38.9 Å². The molecule has 1 amide bonds. The molecular weight excluding hydrogens is 409 g/mol. The molecule has 0 aromatic carbocycles. The Labute approximate surface area is 167 Å². The molecule has 1 saturated heterocycles. The number of hydrogen-bond acceptors (Lipinski definition) is 8. The summed E-state index contributed by atoms with van der Waals surface area (Å²) < 4.78 is 26.9. The molecule has 3 heterocycles. The quantitative estimate of drug-likeness (QED) is 0.613. The number of nitrogens with zero attached hydrogens (tertiary/aromatic N) is 3. The number of anilines is 1. The summed E-state index contributed by atoms with van der Waals surface area (Å²) in [6.07, 6.45) is -2.50. The van der Waals surface area contributed by atoms with Gasteiger partial charge in [0.15, 0.2) is 29.7 Å². The van der Waals surface area contributed by atoms with E-state index >= 15 is 0 Å². The Hall–Kier alpha value is -2.67. The summed E-state index contributed by atoms with van der Waals surface area (Å²) in [4.78, 5) is 55.0. The Morgan fingerprint density at radius 2 is 2.14 bits per heavy atom. The van der Waals surface area contributed by atoms with Crippen LogP contribution in [0.1, 0.15) is 20.1 Å². The van der Waals surface area contributed by atoms with Crippen LogP contribution in [0.25, 0.3) is 11.2 Å². The summed E-state index contributed by atoms with van der Waals surface area (Å²) in [6, 6.07) is 0. The van der Waals surface area contributed by atoms with Crippen LogP contribution in [0.15, 0.2) is 9.59 Å². The van der Waals surface area contributed by atoms with Crippen LogP contribution in [0.2, 0.25) is 0 Å². The van der Waals surface area contributed by atoms with Gasteiger partial charge in [-0.1, -0.05) is 0 Å². The van der Waals surface area contributed by atoms with Gasteiger partial charge in [0.2, 0.25) is 11.9 Å². The topological polar surface area (TPSA) is 137 Å². The molecule has 3 atom stereocenters. The van der Waals surface area contributed by atoms with Gasteiger partial charge in [-0.15, -0.1) is 0 Å². The van der Waals surface area contributed by atoms with E-state index in [4.69, 9.17) is 9.47 Å². The van der Waals surface area contributed by atoms with Crippen molar-refractivity contribution in [3.8, 4) is 0 Å². The molecule has 0 radical (unpaired) electrons. The molecule has 3 rings (SSSR count). The highest BCUT2D eigenvalue weighted by Crippen LogP contribution is 2.30. The molecule has 0 saturated carbocycles. The van der Waals surface area contributed by atoms with E-state index in [2.05, 4.69) is 15.3 Å². The molecule has 29 heavy (non-hydrogen) atoms. The van der Waals surface area contributed by atoms with Crippen molar-refractivity contribution in [2.24, 2.45) is 0 Å². The SMILES string of the molecule is CSCCn1c(=O)n([C@@H]2OC[C@H](F)[C@H]2OC(C)=O)c2nc(NC(C)=O)[nH]c(=O)c21. The van der Waals surface area contributed by atoms with Crippen molar-refractivity contribution in [1.82, 2.24) is 19.1 Å². The van der Waals surface area contributed by atoms with E-state index in [1.54, 1.807) is 0 Å². The summed E-state index contributed by atoms with van der Waals surface area (Å²) >= 11 is 1.46. The number of fused-ring (bicyclic) bond motifs is 1. The number of carbonyl (C=O) groups is 2. The number of ether oxygens (including phenoxy) is 2. The molecule has 0 spiro atoms. The van der Waals surface area contributed by atoms with Gasteiger partial charge in [0.1, 0.15) is 0 Å². The number of aromatic amines is 1. The molecule has 13 heteroatoms. The average molecular weight is 429 g/mol. The van der Waals surface area contributed by atoms with Crippen molar-refractivity contribution in [2.75, 3.05) is 23.9 Å². The standard InChI is InChI=1S/C16H20FN5O6S/c1-7(23)18-15-19-12-10(13(25)20-15)21(4-5-29-3)16(26)22(12)14-11(28-8(2)24)9(17)6-27-14/h9,11,14H,4-6H2,1-3H3,(H2,18,19,20,23,25)/t9-,11+,14+/m0/s1. The zero-order chi connectivity index (χ0) is 21.3. The van der Waals surface area contributed by atoms with Crippen LogP contribution in [0.5, 0.6) is 0 Å². The Morgan fingerprint density at radius 3 is 2.76 bits per heavy atom. The number of H-pyrrole nitrogens is 1. The van der Waals surface area contributed by atoms with Gasteiger partial charge in [0.05, 0.1) is 6.61 Å². The number of alkyl halides is 1. The monoisotopic (exact) mass is 429 g/mol. The molecule has 0 aliphatic carbocycles. The minimum Gasteiger partial charge on any atom is -0.454 e. The maximum atomic E-state index is 14.3. The molecular formula is C16H20FN5O6S. The number of thioether (sulfide) groups is 1. The summed E-state index contributed by atoms with van der Waals surface area (Å²) in [7, 11) is 0. The van der Waals surface area contributed by atoms with Gasteiger partial charge in [0.25, 0.3) is 5.56 Å². The molecule has 1 aliphatic rings. The van der Waals surface area contributed by atoms with E-state index in [1.165, 1.54) is 23.3 Å². The van der Waals surface area contributed by atoms with Gasteiger partial charge in [-0.25, -0.2) is 13.8 Å². The highest BCUT2D eigenvalue weighted by Gasteiger charge is 2.43. The first-order valence-corrected chi connectivity index (χ1v) is 10.1. The van der Waals surface area contributed by atoms with Crippen LogP contribution in [0.3, 0.4) is 0 Å². The van der Waals surface area contributed by atoms with Crippen molar-refractivity contribution >= 4 is 40.8 Å². The van der Waals surface area contributed by atoms with Crippen molar-refractivity contribution in [1.29, 1.82) is 0 Å². The van der Waals surface area contributed by atoms with Crippen molar-refractivity contribution in [3.63, 3.8) is 0 Å². The third kappa shape index (κ3) is 4.05. The summed E-state index contributed by atoms with van der Waals surface area (Å²) in [5.41, 5.74) is -1.48. The lowest BCUT2D eigenvalue weighted by Gasteiger charge is -2.20. The highest BCUT2D eigenvalue weighted by molar-refractivity contribution is 7.98. The van der Waals surface area contributed by atoms with E-state index in [-0.39, 0.29) is 23.7 Å². The second-order valence-electron chi connectivity index (χ2n) is 6.38. The Balaban J connectivity index is 2.24. The fourth-order valence-corrected chi connectivity index (χ4v) is 3.50. The minimum atomic E-state index is -1.66. The first-order chi connectivity index (χ1) is 13.7. The summed E-state index contributed by atoms with van der Waals surface area (Å²) in [5.74, 6) is -0.875. The Morgan fingerprint density at radius 1 is 1.41 bits per heavy atom. The van der Waals surface area contributed by atoms with Crippen LogP contribution in [0, 0.1) is 0 Å². The molecule has 0 bridgehead atoms. The molecule has 2 aromatic heterocycles. The smallest absolute Gasteiger partial charge is 0.332 e. The number of amides is 1. The number of esters is 1. The van der Waals surface area contributed by atoms with Crippen LogP contribution >= 0.6 is 11.8 Å². The van der Waals surface area contributed by atoms with Gasteiger partial charge in [0, 0.05) is 26.1 Å². The van der Waals surface area contributed by atoms with Crippen molar-refractivity contribution in [3.05, 3.63) is 20.8 Å².